The third-order valence-corrected chi connectivity index (χ3v) is 10.1. The molecule has 0 saturated carbocycles. The van der Waals surface area contributed by atoms with Crippen molar-refractivity contribution in [2.75, 3.05) is 4.90 Å². The van der Waals surface area contributed by atoms with Gasteiger partial charge in [-0.2, -0.15) is 0 Å². The number of hydrogen-bond donors (Lipinski definition) is 0. The second-order valence-corrected chi connectivity index (χ2v) is 12.4. The van der Waals surface area contributed by atoms with E-state index in [9.17, 15) is 0 Å². The third kappa shape index (κ3) is 3.74. The second-order valence-electron chi connectivity index (χ2n) is 10.2. The zero-order valence-electron chi connectivity index (χ0n) is 22.0. The van der Waals surface area contributed by atoms with Gasteiger partial charge in [0.25, 0.3) is 0 Å². The first kappa shape index (κ1) is 23.4. The highest BCUT2D eigenvalue weighted by atomic mass is 32.1. The summed E-state index contributed by atoms with van der Waals surface area (Å²) in [6.07, 6.45) is 0. The van der Waals surface area contributed by atoms with E-state index in [0.717, 1.165) is 5.69 Å². The molecule has 0 unspecified atom stereocenters. The molecule has 0 bridgehead atoms. The summed E-state index contributed by atoms with van der Waals surface area (Å²) >= 11 is 3.74. The number of hydrogen-bond acceptors (Lipinski definition) is 3. The Morgan fingerprint density at radius 1 is 0.450 bits per heavy atom. The Morgan fingerprint density at radius 2 is 1.07 bits per heavy atom. The molecule has 0 spiro atoms. The molecule has 3 heteroatoms. The molecule has 40 heavy (non-hydrogen) atoms. The summed E-state index contributed by atoms with van der Waals surface area (Å²) in [6.45, 7) is 2.23. The van der Waals surface area contributed by atoms with Crippen molar-refractivity contribution in [1.29, 1.82) is 0 Å². The van der Waals surface area contributed by atoms with Gasteiger partial charge in [0, 0.05) is 51.7 Å². The summed E-state index contributed by atoms with van der Waals surface area (Å²) in [5.41, 5.74) is 7.30. The van der Waals surface area contributed by atoms with Crippen LogP contribution in [0.5, 0.6) is 0 Å². The summed E-state index contributed by atoms with van der Waals surface area (Å²) in [5, 5.41) is 5.30. The number of anilines is 3. The van der Waals surface area contributed by atoms with E-state index in [0.29, 0.717) is 0 Å². The van der Waals surface area contributed by atoms with E-state index in [1.165, 1.54) is 68.4 Å². The molecule has 6 aromatic carbocycles. The summed E-state index contributed by atoms with van der Waals surface area (Å²) < 4.78 is 5.30. The van der Waals surface area contributed by atoms with E-state index in [-0.39, 0.29) is 0 Å². The molecular weight excluding hydrogens is 523 g/mol. The fourth-order valence-electron chi connectivity index (χ4n) is 5.92. The van der Waals surface area contributed by atoms with Crippen molar-refractivity contribution in [2.24, 2.45) is 0 Å². The van der Waals surface area contributed by atoms with Gasteiger partial charge in [0.2, 0.25) is 0 Å². The van der Waals surface area contributed by atoms with Gasteiger partial charge in [-0.3, -0.25) is 0 Å². The maximum Gasteiger partial charge on any atom is 0.0554 e. The lowest BCUT2D eigenvalue weighted by Gasteiger charge is -2.27. The van der Waals surface area contributed by atoms with Gasteiger partial charge < -0.3 is 4.90 Å². The molecule has 2 aromatic heterocycles. The average Bonchev–Trinajstić information content (AvgIpc) is 3.58. The molecule has 1 nitrogen and oxygen atoms in total. The second kappa shape index (κ2) is 9.34. The predicted molar refractivity (Wildman–Crippen MR) is 177 cm³/mol. The number of fused-ring (bicyclic) bond motifs is 6. The van der Waals surface area contributed by atoms with Crippen LogP contribution in [0.15, 0.2) is 133 Å². The van der Waals surface area contributed by atoms with Gasteiger partial charge in [-0.05, 0) is 78.2 Å². The first-order valence-corrected chi connectivity index (χ1v) is 15.2. The maximum atomic E-state index is 2.45. The molecule has 0 aliphatic heterocycles. The first-order valence-electron chi connectivity index (χ1n) is 13.5. The highest BCUT2D eigenvalue weighted by molar-refractivity contribution is 7.26. The Kier molecular flexibility index (Phi) is 5.47. The van der Waals surface area contributed by atoms with Crippen molar-refractivity contribution in [3.05, 3.63) is 139 Å². The Hall–Kier alpha value is -4.44. The molecule has 0 fully saturated rings. The van der Waals surface area contributed by atoms with Crippen molar-refractivity contribution in [3.63, 3.8) is 0 Å². The van der Waals surface area contributed by atoms with Crippen LogP contribution in [0.1, 0.15) is 5.56 Å². The maximum absolute atomic E-state index is 2.45. The van der Waals surface area contributed by atoms with Crippen molar-refractivity contribution in [3.8, 4) is 11.1 Å². The topological polar surface area (TPSA) is 3.24 Å². The van der Waals surface area contributed by atoms with Crippen LogP contribution in [0.4, 0.5) is 17.1 Å². The van der Waals surface area contributed by atoms with E-state index in [1.807, 2.05) is 22.7 Å². The Bertz CT molecular complexity index is 2170. The molecule has 2 heterocycles. The predicted octanol–water partition coefficient (Wildman–Crippen LogP) is 11.9. The van der Waals surface area contributed by atoms with E-state index in [4.69, 9.17) is 0 Å². The smallest absolute Gasteiger partial charge is 0.0554 e. The van der Waals surface area contributed by atoms with Gasteiger partial charge in [-0.15, -0.1) is 22.7 Å². The van der Waals surface area contributed by atoms with Crippen molar-refractivity contribution >= 4 is 80.1 Å². The standard InChI is InChI=1S/C37H25NS2/c1-24-9-7-15-34-36(24)37-31(13-8-16-35(37)40-34)38(27-19-17-26(18-20-27)25-10-3-2-4-11-25)28-21-22-33-30(23-28)29-12-5-6-14-32(29)39-33/h2-23H,1H3. The molecule has 190 valence electrons. The third-order valence-electron chi connectivity index (χ3n) is 7.80. The molecule has 0 aliphatic carbocycles. The van der Waals surface area contributed by atoms with E-state index in [2.05, 4.69) is 145 Å². The molecule has 0 radical (unpaired) electrons. The number of nitrogens with zero attached hydrogens (tertiary/aromatic N) is 1. The van der Waals surface area contributed by atoms with Gasteiger partial charge >= 0.3 is 0 Å². The zero-order chi connectivity index (χ0) is 26.6. The Balaban J connectivity index is 1.39. The Morgan fingerprint density at radius 3 is 1.93 bits per heavy atom. The van der Waals surface area contributed by atoms with Gasteiger partial charge in [-0.1, -0.05) is 78.9 Å². The van der Waals surface area contributed by atoms with Crippen molar-refractivity contribution < 1.29 is 0 Å². The van der Waals surface area contributed by atoms with Crippen LogP contribution < -0.4 is 4.90 Å². The van der Waals surface area contributed by atoms with Crippen LogP contribution in [0.3, 0.4) is 0 Å². The summed E-state index contributed by atoms with van der Waals surface area (Å²) in [6, 6.07) is 48.7. The molecule has 0 saturated heterocycles. The SMILES string of the molecule is Cc1cccc2sc3cccc(N(c4ccc(-c5ccccc5)cc4)c4ccc5sc6ccccc6c5c4)c3c12. The highest BCUT2D eigenvalue weighted by Crippen LogP contribution is 2.47. The normalized spacial score (nSPS) is 11.6. The van der Waals surface area contributed by atoms with Crippen LogP contribution >= 0.6 is 22.7 Å². The molecule has 0 aliphatic rings. The molecule has 0 N–H and O–H groups in total. The molecular formula is C37H25NS2. The van der Waals surface area contributed by atoms with Gasteiger partial charge in [0.15, 0.2) is 0 Å². The van der Waals surface area contributed by atoms with Crippen LogP contribution in [-0.4, -0.2) is 0 Å². The molecule has 0 atom stereocenters. The largest absolute Gasteiger partial charge is 0.310 e. The quantitative estimate of drug-likeness (QED) is 0.212. The summed E-state index contributed by atoms with van der Waals surface area (Å²) in [7, 11) is 0. The molecule has 0 amide bonds. The molecule has 8 rings (SSSR count). The minimum atomic E-state index is 1.15. The average molecular weight is 548 g/mol. The van der Waals surface area contributed by atoms with Gasteiger partial charge in [0.05, 0.1) is 5.69 Å². The Labute approximate surface area is 241 Å². The van der Waals surface area contributed by atoms with Crippen molar-refractivity contribution in [2.45, 2.75) is 6.92 Å². The van der Waals surface area contributed by atoms with Crippen LogP contribution in [0, 0.1) is 6.92 Å². The lowest BCUT2D eigenvalue weighted by Crippen LogP contribution is -2.10. The van der Waals surface area contributed by atoms with Crippen LogP contribution in [0.25, 0.3) is 51.5 Å². The fourth-order valence-corrected chi connectivity index (χ4v) is 8.21. The minimum Gasteiger partial charge on any atom is -0.310 e. The fraction of sp³-hybridized carbons (Fsp3) is 0.0270. The number of thiophene rings is 2. The lowest BCUT2D eigenvalue weighted by atomic mass is 10.0. The first-order chi connectivity index (χ1) is 19.7. The van der Waals surface area contributed by atoms with E-state index in [1.54, 1.807) is 0 Å². The van der Waals surface area contributed by atoms with E-state index < -0.39 is 0 Å². The summed E-state index contributed by atoms with van der Waals surface area (Å²) in [5.74, 6) is 0. The number of rotatable bonds is 4. The minimum absolute atomic E-state index is 1.15. The van der Waals surface area contributed by atoms with E-state index >= 15 is 0 Å². The lowest BCUT2D eigenvalue weighted by molar-refractivity contribution is 1.31. The number of aryl methyl sites for hydroxylation is 1. The van der Waals surface area contributed by atoms with Crippen LogP contribution in [-0.2, 0) is 0 Å². The van der Waals surface area contributed by atoms with Gasteiger partial charge in [-0.25, -0.2) is 0 Å². The van der Waals surface area contributed by atoms with Crippen molar-refractivity contribution in [1.82, 2.24) is 0 Å². The zero-order valence-corrected chi connectivity index (χ0v) is 23.6. The summed E-state index contributed by atoms with van der Waals surface area (Å²) in [4.78, 5) is 2.45. The van der Waals surface area contributed by atoms with Gasteiger partial charge in [0.1, 0.15) is 0 Å². The monoisotopic (exact) mass is 547 g/mol. The van der Waals surface area contributed by atoms with Crippen LogP contribution in [0.2, 0.25) is 0 Å². The molecule has 8 aromatic rings. The highest BCUT2D eigenvalue weighted by Gasteiger charge is 2.20. The number of benzene rings is 6.